The van der Waals surface area contributed by atoms with Crippen molar-refractivity contribution in [3.05, 3.63) is 75.6 Å². The van der Waals surface area contributed by atoms with Crippen molar-refractivity contribution < 1.29 is 9.72 Å². The Morgan fingerprint density at radius 3 is 2.72 bits per heavy atom. The van der Waals surface area contributed by atoms with Gasteiger partial charge in [0.1, 0.15) is 0 Å². The second kappa shape index (κ2) is 6.87. The zero-order chi connectivity index (χ0) is 17.8. The molecule has 0 saturated heterocycles. The van der Waals surface area contributed by atoms with Crippen LogP contribution in [0.15, 0.2) is 48.5 Å². The van der Waals surface area contributed by atoms with Crippen molar-refractivity contribution in [1.29, 1.82) is 0 Å². The van der Waals surface area contributed by atoms with Crippen LogP contribution < -0.4 is 5.32 Å². The molecule has 0 aliphatic carbocycles. The van der Waals surface area contributed by atoms with Crippen LogP contribution in [0.3, 0.4) is 0 Å². The average Bonchev–Trinajstić information content (AvgIpc) is 3.09. The van der Waals surface area contributed by atoms with Crippen molar-refractivity contribution in [2.45, 2.75) is 13.5 Å². The molecule has 2 aromatic carbocycles. The molecule has 9 heteroatoms. The van der Waals surface area contributed by atoms with Crippen molar-refractivity contribution in [3.8, 4) is 5.69 Å². The van der Waals surface area contributed by atoms with Crippen LogP contribution in [0.2, 0.25) is 0 Å². The molecule has 0 fully saturated rings. The number of nitrogens with one attached hydrogen (secondary N) is 1. The van der Waals surface area contributed by atoms with E-state index in [4.69, 9.17) is 0 Å². The Balaban J connectivity index is 1.75. The number of aryl methyl sites for hydroxylation is 1. The zero-order valence-corrected chi connectivity index (χ0v) is 13.3. The Hall–Kier alpha value is -3.62. The number of para-hydroxylation sites is 1. The van der Waals surface area contributed by atoms with Gasteiger partial charge in [0.2, 0.25) is 0 Å². The third-order valence-corrected chi connectivity index (χ3v) is 3.61. The van der Waals surface area contributed by atoms with E-state index in [9.17, 15) is 14.9 Å². The van der Waals surface area contributed by atoms with Gasteiger partial charge < -0.3 is 5.32 Å². The van der Waals surface area contributed by atoms with Gasteiger partial charge >= 0.3 is 0 Å². The van der Waals surface area contributed by atoms with Crippen molar-refractivity contribution in [2.24, 2.45) is 0 Å². The van der Waals surface area contributed by atoms with Crippen molar-refractivity contribution in [2.75, 3.05) is 0 Å². The van der Waals surface area contributed by atoms with Gasteiger partial charge in [0.25, 0.3) is 11.6 Å². The Labute approximate surface area is 142 Å². The van der Waals surface area contributed by atoms with Gasteiger partial charge in [-0.05, 0) is 35.5 Å². The molecule has 3 rings (SSSR count). The minimum absolute atomic E-state index is 0.0857. The molecule has 0 radical (unpaired) electrons. The number of amides is 1. The Morgan fingerprint density at radius 1 is 1.24 bits per heavy atom. The van der Waals surface area contributed by atoms with Gasteiger partial charge in [-0.3, -0.25) is 14.9 Å². The minimum Gasteiger partial charge on any atom is -0.345 e. The molecule has 25 heavy (non-hydrogen) atoms. The van der Waals surface area contributed by atoms with Gasteiger partial charge in [-0.15, -0.1) is 5.10 Å². The number of nitrogens with zero attached hydrogens (tertiary/aromatic N) is 5. The monoisotopic (exact) mass is 338 g/mol. The highest BCUT2D eigenvalue weighted by Gasteiger charge is 2.16. The number of rotatable bonds is 5. The normalized spacial score (nSPS) is 10.4. The molecule has 0 atom stereocenters. The molecule has 1 heterocycles. The molecular formula is C16H14N6O3. The smallest absolute Gasteiger partial charge is 0.273 e. The van der Waals surface area contributed by atoms with Crippen LogP contribution in [-0.2, 0) is 6.54 Å². The van der Waals surface area contributed by atoms with E-state index in [1.165, 1.54) is 16.8 Å². The van der Waals surface area contributed by atoms with Crippen molar-refractivity contribution >= 4 is 11.6 Å². The molecule has 1 N–H and O–H groups in total. The lowest BCUT2D eigenvalue weighted by Crippen LogP contribution is -2.24. The highest BCUT2D eigenvalue weighted by Crippen LogP contribution is 2.19. The summed E-state index contributed by atoms with van der Waals surface area (Å²) < 4.78 is 1.51. The van der Waals surface area contributed by atoms with Gasteiger partial charge in [-0.1, -0.05) is 24.3 Å². The first-order valence-electron chi connectivity index (χ1n) is 7.42. The van der Waals surface area contributed by atoms with Crippen molar-refractivity contribution in [1.82, 2.24) is 25.5 Å². The summed E-state index contributed by atoms with van der Waals surface area (Å²) in [6.45, 7) is 1.70. The highest BCUT2D eigenvalue weighted by atomic mass is 16.6. The van der Waals surface area contributed by atoms with Crippen LogP contribution in [0.5, 0.6) is 0 Å². The number of hydrogen-bond donors (Lipinski definition) is 1. The summed E-state index contributed by atoms with van der Waals surface area (Å²) in [5, 5.41) is 25.1. The van der Waals surface area contributed by atoms with E-state index in [1.807, 2.05) is 30.3 Å². The van der Waals surface area contributed by atoms with E-state index in [-0.39, 0.29) is 17.8 Å². The number of tetrazole rings is 1. The summed E-state index contributed by atoms with van der Waals surface area (Å²) in [5.41, 5.74) is 1.37. The number of nitro benzene ring substituents is 1. The standard InChI is InChI=1S/C16H14N6O3/c1-11-7-8-12(9-14(11)22(24)25)16(23)17-10-15-18-19-20-21(15)13-5-3-2-4-6-13/h2-9H,10H2,1H3,(H,17,23). The first-order valence-corrected chi connectivity index (χ1v) is 7.42. The van der Waals surface area contributed by atoms with Gasteiger partial charge in [0.05, 0.1) is 17.2 Å². The third kappa shape index (κ3) is 3.50. The summed E-state index contributed by atoms with van der Waals surface area (Å²) in [5.74, 6) is 0.00636. The van der Waals surface area contributed by atoms with Crippen LogP contribution in [0.4, 0.5) is 5.69 Å². The molecule has 0 aliphatic heterocycles. The molecule has 0 aliphatic rings. The second-order valence-electron chi connectivity index (χ2n) is 5.28. The first kappa shape index (κ1) is 16.2. The molecule has 126 valence electrons. The van der Waals surface area contributed by atoms with E-state index in [1.54, 1.807) is 13.0 Å². The first-order chi connectivity index (χ1) is 12.1. The quantitative estimate of drug-likeness (QED) is 0.560. The van der Waals surface area contributed by atoms with E-state index >= 15 is 0 Å². The zero-order valence-electron chi connectivity index (χ0n) is 13.3. The van der Waals surface area contributed by atoms with Gasteiger partial charge in [0.15, 0.2) is 5.82 Å². The number of nitro groups is 1. The lowest BCUT2D eigenvalue weighted by atomic mass is 10.1. The molecule has 3 aromatic rings. The third-order valence-electron chi connectivity index (χ3n) is 3.61. The number of benzene rings is 2. The average molecular weight is 338 g/mol. The highest BCUT2D eigenvalue weighted by molar-refractivity contribution is 5.94. The number of aromatic nitrogens is 4. The van der Waals surface area contributed by atoms with Crippen molar-refractivity contribution in [3.63, 3.8) is 0 Å². The van der Waals surface area contributed by atoms with E-state index in [2.05, 4.69) is 20.8 Å². The number of hydrogen-bond acceptors (Lipinski definition) is 6. The molecule has 0 saturated carbocycles. The number of carbonyl (C=O) groups is 1. The van der Waals surface area contributed by atoms with Crippen LogP contribution >= 0.6 is 0 Å². The Kier molecular flexibility index (Phi) is 4.46. The van der Waals surface area contributed by atoms with E-state index in [0.717, 1.165) is 5.69 Å². The largest absolute Gasteiger partial charge is 0.345 e. The minimum atomic E-state index is -0.512. The summed E-state index contributed by atoms with van der Waals surface area (Å²) >= 11 is 0. The molecular weight excluding hydrogens is 324 g/mol. The molecule has 0 spiro atoms. The SMILES string of the molecule is Cc1ccc(C(=O)NCc2nnnn2-c2ccccc2)cc1[N+](=O)[O-]. The fraction of sp³-hybridized carbons (Fsp3) is 0.125. The maximum atomic E-state index is 12.3. The van der Waals surface area contributed by atoms with Crippen LogP contribution in [0, 0.1) is 17.0 Å². The van der Waals surface area contributed by atoms with Crippen LogP contribution in [0.1, 0.15) is 21.7 Å². The van der Waals surface area contributed by atoms with Gasteiger partial charge in [-0.25, -0.2) is 0 Å². The second-order valence-corrected chi connectivity index (χ2v) is 5.28. The van der Waals surface area contributed by atoms with Gasteiger partial charge in [-0.2, -0.15) is 4.68 Å². The lowest BCUT2D eigenvalue weighted by molar-refractivity contribution is -0.385. The summed E-state index contributed by atoms with van der Waals surface area (Å²) in [7, 11) is 0. The van der Waals surface area contributed by atoms with E-state index in [0.29, 0.717) is 11.4 Å². The molecule has 0 unspecified atom stereocenters. The molecule has 1 amide bonds. The Bertz CT molecular complexity index is 923. The summed E-state index contributed by atoms with van der Waals surface area (Å²) in [6.07, 6.45) is 0. The fourth-order valence-corrected chi connectivity index (χ4v) is 2.29. The number of carbonyl (C=O) groups excluding carboxylic acids is 1. The predicted molar refractivity (Wildman–Crippen MR) is 88.2 cm³/mol. The van der Waals surface area contributed by atoms with E-state index < -0.39 is 10.8 Å². The Morgan fingerprint density at radius 2 is 2.00 bits per heavy atom. The maximum absolute atomic E-state index is 12.3. The topological polar surface area (TPSA) is 116 Å². The maximum Gasteiger partial charge on any atom is 0.273 e. The van der Waals surface area contributed by atoms with Crippen LogP contribution in [-0.4, -0.2) is 31.0 Å². The predicted octanol–water partition coefficient (Wildman–Crippen LogP) is 1.81. The summed E-state index contributed by atoms with van der Waals surface area (Å²) in [6, 6.07) is 13.6. The molecule has 0 bridgehead atoms. The van der Waals surface area contributed by atoms with Gasteiger partial charge in [0, 0.05) is 17.2 Å². The summed E-state index contributed by atoms with van der Waals surface area (Å²) in [4.78, 5) is 22.7. The fourth-order valence-electron chi connectivity index (χ4n) is 2.29. The molecule has 1 aromatic heterocycles. The molecule has 9 nitrogen and oxygen atoms in total. The lowest BCUT2D eigenvalue weighted by Gasteiger charge is -2.07. The van der Waals surface area contributed by atoms with Crippen LogP contribution in [0.25, 0.3) is 5.69 Å².